The fourth-order valence-corrected chi connectivity index (χ4v) is 2.42. The van der Waals surface area contributed by atoms with Crippen molar-refractivity contribution in [2.75, 3.05) is 5.73 Å². The highest BCUT2D eigenvalue weighted by Crippen LogP contribution is 2.30. The minimum absolute atomic E-state index is 0.0237. The highest BCUT2D eigenvalue weighted by Gasteiger charge is 2.19. The van der Waals surface area contributed by atoms with Gasteiger partial charge in [-0.1, -0.05) is 0 Å². The van der Waals surface area contributed by atoms with E-state index in [1.807, 2.05) is 0 Å². The summed E-state index contributed by atoms with van der Waals surface area (Å²) >= 11 is 1.31. The first kappa shape index (κ1) is 9.33. The first-order valence-electron chi connectivity index (χ1n) is 3.95. The van der Waals surface area contributed by atoms with Crippen molar-refractivity contribution < 1.29 is 15.2 Å². The average molecular weight is 209 g/mol. The van der Waals surface area contributed by atoms with Gasteiger partial charge < -0.3 is 20.9 Å². The van der Waals surface area contributed by atoms with Crippen molar-refractivity contribution in [3.63, 3.8) is 0 Å². The molecule has 72 valence electrons. The Morgan fingerprint density at radius 2 is 2.00 bits per heavy atom. The van der Waals surface area contributed by atoms with E-state index in [1.54, 1.807) is 11.4 Å². The number of hydrogen-bond donors (Lipinski definition) is 4. The second-order valence-electron chi connectivity index (χ2n) is 2.98. The Labute approximate surface area is 84.4 Å². The summed E-state index contributed by atoms with van der Waals surface area (Å²) < 4.78 is 0.741. The Kier molecular flexibility index (Phi) is 2.11. The molecule has 14 heavy (non-hydrogen) atoms. The molecule has 1 aromatic heterocycles. The SMILES string of the molecule is Nc1cc(O)c2c(B(O)O)csc2c1. The van der Waals surface area contributed by atoms with E-state index in [1.165, 1.54) is 17.4 Å². The lowest BCUT2D eigenvalue weighted by molar-refractivity contribution is 0.426. The number of benzene rings is 1. The van der Waals surface area contributed by atoms with E-state index in [0.717, 1.165) is 4.70 Å². The van der Waals surface area contributed by atoms with Gasteiger partial charge in [0.1, 0.15) is 5.75 Å². The van der Waals surface area contributed by atoms with Crippen molar-refractivity contribution in [2.45, 2.75) is 0 Å². The summed E-state index contributed by atoms with van der Waals surface area (Å²) in [6.07, 6.45) is 0. The fourth-order valence-electron chi connectivity index (χ4n) is 1.38. The number of hydrogen-bond acceptors (Lipinski definition) is 5. The van der Waals surface area contributed by atoms with E-state index >= 15 is 0 Å². The monoisotopic (exact) mass is 209 g/mol. The van der Waals surface area contributed by atoms with Gasteiger partial charge in [-0.15, -0.1) is 11.3 Å². The number of phenols is 1. The molecule has 2 rings (SSSR count). The van der Waals surface area contributed by atoms with Crippen LogP contribution in [0, 0.1) is 0 Å². The molecule has 1 heterocycles. The van der Waals surface area contributed by atoms with E-state index in [0.29, 0.717) is 16.5 Å². The van der Waals surface area contributed by atoms with E-state index in [9.17, 15) is 5.11 Å². The van der Waals surface area contributed by atoms with Crippen molar-refractivity contribution in [1.29, 1.82) is 0 Å². The lowest BCUT2D eigenvalue weighted by atomic mass is 9.80. The molecular formula is C8H8BNO3S. The molecule has 0 radical (unpaired) electrons. The van der Waals surface area contributed by atoms with Gasteiger partial charge in [-0.05, 0) is 11.4 Å². The van der Waals surface area contributed by atoms with Crippen molar-refractivity contribution >= 4 is 39.7 Å². The maximum absolute atomic E-state index is 9.58. The lowest BCUT2D eigenvalue weighted by Gasteiger charge is -2.01. The molecule has 2 aromatic rings. The molecule has 4 nitrogen and oxygen atoms in total. The summed E-state index contributed by atoms with van der Waals surface area (Å²) in [5.41, 5.74) is 6.29. The Balaban J connectivity index is 2.79. The molecular weight excluding hydrogens is 201 g/mol. The van der Waals surface area contributed by atoms with Crippen LogP contribution < -0.4 is 11.2 Å². The van der Waals surface area contributed by atoms with E-state index < -0.39 is 7.12 Å². The summed E-state index contributed by atoms with van der Waals surface area (Å²) in [7, 11) is -1.57. The van der Waals surface area contributed by atoms with Crippen LogP contribution in [-0.4, -0.2) is 22.3 Å². The van der Waals surface area contributed by atoms with Gasteiger partial charge in [0.2, 0.25) is 0 Å². The van der Waals surface area contributed by atoms with Gasteiger partial charge >= 0.3 is 7.12 Å². The van der Waals surface area contributed by atoms with Crippen LogP contribution in [0.3, 0.4) is 0 Å². The molecule has 6 heteroatoms. The summed E-state index contributed by atoms with van der Waals surface area (Å²) in [6.45, 7) is 0. The maximum atomic E-state index is 9.58. The Morgan fingerprint density at radius 1 is 1.29 bits per heavy atom. The molecule has 0 aliphatic rings. The molecule has 0 fully saturated rings. The van der Waals surface area contributed by atoms with Crippen LogP contribution in [-0.2, 0) is 0 Å². The smallest absolute Gasteiger partial charge is 0.490 e. The molecule has 5 N–H and O–H groups in total. The van der Waals surface area contributed by atoms with Crippen molar-refractivity contribution in [1.82, 2.24) is 0 Å². The summed E-state index contributed by atoms with van der Waals surface area (Å²) in [5.74, 6) is -0.0237. The average Bonchev–Trinajstić information content (AvgIpc) is 2.47. The number of phenolic OH excluding ortho intramolecular Hbond substituents is 1. The molecule has 0 amide bonds. The normalized spacial score (nSPS) is 10.7. The Bertz CT molecular complexity index is 483. The molecule has 0 aliphatic carbocycles. The highest BCUT2D eigenvalue weighted by atomic mass is 32.1. The van der Waals surface area contributed by atoms with Crippen molar-refractivity contribution in [3.05, 3.63) is 17.5 Å². The molecule has 0 aliphatic heterocycles. The van der Waals surface area contributed by atoms with E-state index in [-0.39, 0.29) is 5.75 Å². The van der Waals surface area contributed by atoms with Crippen LogP contribution in [0.4, 0.5) is 5.69 Å². The van der Waals surface area contributed by atoms with Crippen LogP contribution in [0.1, 0.15) is 0 Å². The van der Waals surface area contributed by atoms with Gasteiger partial charge in [0.15, 0.2) is 0 Å². The molecule has 1 aromatic carbocycles. The quantitative estimate of drug-likeness (QED) is 0.389. The standard InChI is InChI=1S/C8H8BNO3S/c10-4-1-6(11)8-5(9(12)13)3-14-7(8)2-4/h1-3,11-13H,10H2. The van der Waals surface area contributed by atoms with Gasteiger partial charge in [-0.3, -0.25) is 0 Å². The summed E-state index contributed by atoms with van der Waals surface area (Å²) in [5, 5.41) is 29.7. The highest BCUT2D eigenvalue weighted by molar-refractivity contribution is 7.18. The number of aromatic hydroxyl groups is 1. The van der Waals surface area contributed by atoms with E-state index in [4.69, 9.17) is 15.8 Å². The van der Waals surface area contributed by atoms with Gasteiger partial charge in [0.25, 0.3) is 0 Å². The molecule has 0 saturated carbocycles. The maximum Gasteiger partial charge on any atom is 0.490 e. The third-order valence-corrected chi connectivity index (χ3v) is 2.93. The second-order valence-corrected chi connectivity index (χ2v) is 3.89. The minimum Gasteiger partial charge on any atom is -0.507 e. The first-order chi connectivity index (χ1) is 6.59. The Morgan fingerprint density at radius 3 is 2.64 bits per heavy atom. The third-order valence-electron chi connectivity index (χ3n) is 1.98. The van der Waals surface area contributed by atoms with E-state index in [2.05, 4.69) is 0 Å². The predicted octanol–water partition coefficient (Wildman–Crippen LogP) is -0.131. The lowest BCUT2D eigenvalue weighted by Crippen LogP contribution is -2.28. The molecule has 0 bridgehead atoms. The van der Waals surface area contributed by atoms with Crippen LogP contribution in [0.15, 0.2) is 17.5 Å². The second kappa shape index (κ2) is 3.16. The molecule has 0 unspecified atom stereocenters. The number of thiophene rings is 1. The largest absolute Gasteiger partial charge is 0.507 e. The minimum atomic E-state index is -1.57. The Hall–Kier alpha value is -1.24. The molecule has 0 spiro atoms. The zero-order valence-corrected chi connectivity index (χ0v) is 7.95. The van der Waals surface area contributed by atoms with Gasteiger partial charge in [0.05, 0.1) is 0 Å². The number of nitrogens with two attached hydrogens (primary N) is 1. The third kappa shape index (κ3) is 1.33. The van der Waals surface area contributed by atoms with Crippen LogP contribution >= 0.6 is 11.3 Å². The number of nitrogen functional groups attached to an aromatic ring is 1. The summed E-state index contributed by atoms with van der Waals surface area (Å²) in [4.78, 5) is 0. The van der Waals surface area contributed by atoms with Crippen LogP contribution in [0.2, 0.25) is 0 Å². The first-order valence-corrected chi connectivity index (χ1v) is 4.83. The van der Waals surface area contributed by atoms with Gasteiger partial charge in [0, 0.05) is 27.3 Å². The van der Waals surface area contributed by atoms with Crippen molar-refractivity contribution in [3.8, 4) is 5.75 Å². The predicted molar refractivity (Wildman–Crippen MR) is 57.7 cm³/mol. The van der Waals surface area contributed by atoms with Crippen LogP contribution in [0.25, 0.3) is 10.1 Å². The number of anilines is 1. The topological polar surface area (TPSA) is 86.7 Å². The fraction of sp³-hybridized carbons (Fsp3) is 0. The summed E-state index contributed by atoms with van der Waals surface area (Å²) in [6, 6.07) is 3.08. The number of fused-ring (bicyclic) bond motifs is 1. The molecule has 0 saturated heterocycles. The van der Waals surface area contributed by atoms with Gasteiger partial charge in [-0.2, -0.15) is 0 Å². The van der Waals surface area contributed by atoms with Gasteiger partial charge in [-0.25, -0.2) is 0 Å². The zero-order chi connectivity index (χ0) is 10.3. The zero-order valence-electron chi connectivity index (χ0n) is 7.14. The van der Waals surface area contributed by atoms with Crippen molar-refractivity contribution in [2.24, 2.45) is 0 Å². The molecule has 0 atom stereocenters. The number of rotatable bonds is 1. The van der Waals surface area contributed by atoms with Crippen LogP contribution in [0.5, 0.6) is 5.75 Å².